The summed E-state index contributed by atoms with van der Waals surface area (Å²) in [4.78, 5) is 28.0. The Bertz CT molecular complexity index is 785. The van der Waals surface area contributed by atoms with Crippen molar-refractivity contribution >= 4 is 25.3 Å². The van der Waals surface area contributed by atoms with Crippen LogP contribution in [-0.2, 0) is 18.3 Å². The second-order valence-corrected chi connectivity index (χ2v) is 7.56. The van der Waals surface area contributed by atoms with Gasteiger partial charge in [-0.3, -0.25) is 18.8 Å². The van der Waals surface area contributed by atoms with Gasteiger partial charge < -0.3 is 36.2 Å². The largest absolute Gasteiger partial charge is 0.472 e. The molecule has 0 amide bonds. The van der Waals surface area contributed by atoms with Crippen LogP contribution in [0.4, 0.5) is 17.5 Å². The van der Waals surface area contributed by atoms with Gasteiger partial charge in [-0.1, -0.05) is 0 Å². The van der Waals surface area contributed by atoms with E-state index in [1.54, 1.807) is 6.92 Å². The molecule has 146 valence electrons. The van der Waals surface area contributed by atoms with E-state index in [2.05, 4.69) is 25.1 Å². The van der Waals surface area contributed by atoms with Gasteiger partial charge in [-0.2, -0.15) is 4.98 Å². The van der Waals surface area contributed by atoms with E-state index in [1.165, 1.54) is 0 Å². The highest BCUT2D eigenvalue weighted by atomic mass is 31.2. The van der Waals surface area contributed by atoms with E-state index in [-0.39, 0.29) is 30.5 Å². The Labute approximate surface area is 147 Å². The summed E-state index contributed by atoms with van der Waals surface area (Å²) >= 11 is 0. The standard InChI is InChI=1S/C12H20N5O8P/c1-5-3-23-26(21,22)24-4-12(19,20)6-2-7(25-5)15-9-8(14-6)10(18)17-11(13)16-9/h5-7,14,19-20H,2-4H2,1H3,(H,21,22)(H4,13,15,16,17,18)/t5-,6+,7+/m0/s1. The van der Waals surface area contributed by atoms with Crippen LogP contribution in [0.2, 0.25) is 0 Å². The Morgan fingerprint density at radius 1 is 1.35 bits per heavy atom. The van der Waals surface area contributed by atoms with E-state index in [4.69, 9.17) is 15.0 Å². The molecule has 2 aliphatic heterocycles. The fraction of sp³-hybridized carbons (Fsp3) is 0.667. The molecule has 8 N–H and O–H groups in total. The Kier molecular flexibility index (Phi) is 4.96. The van der Waals surface area contributed by atoms with Crippen LogP contribution >= 0.6 is 7.82 Å². The number of aromatic nitrogens is 2. The molecule has 1 fully saturated rings. The van der Waals surface area contributed by atoms with Crippen molar-refractivity contribution in [2.45, 2.75) is 37.5 Å². The minimum absolute atomic E-state index is 0.0495. The van der Waals surface area contributed by atoms with Crippen LogP contribution in [0.25, 0.3) is 0 Å². The SMILES string of the molecule is C[C@H]1COP(=O)(O)OCC(O)(O)[C@H]2C[C@H](Nc3nc(N)[nH]c(=O)c3N2)O1. The maximum absolute atomic E-state index is 12.1. The van der Waals surface area contributed by atoms with Gasteiger partial charge in [0.1, 0.15) is 18.5 Å². The fourth-order valence-corrected chi connectivity index (χ4v) is 3.44. The molecule has 1 unspecified atom stereocenters. The summed E-state index contributed by atoms with van der Waals surface area (Å²) in [5.41, 5.74) is 4.81. The maximum atomic E-state index is 12.1. The lowest BCUT2D eigenvalue weighted by Gasteiger charge is -2.32. The molecule has 0 radical (unpaired) electrons. The molecule has 26 heavy (non-hydrogen) atoms. The number of hydrogen-bond donors (Lipinski definition) is 7. The molecule has 0 aliphatic carbocycles. The van der Waals surface area contributed by atoms with Gasteiger partial charge in [0.15, 0.2) is 5.82 Å². The topological polar surface area (TPSA) is 201 Å². The highest BCUT2D eigenvalue weighted by Crippen LogP contribution is 2.45. The van der Waals surface area contributed by atoms with E-state index in [1.807, 2.05) is 0 Å². The minimum Gasteiger partial charge on any atom is -0.369 e. The molecule has 1 saturated heterocycles. The molecule has 1 aromatic rings. The van der Waals surface area contributed by atoms with Crippen molar-refractivity contribution in [3.05, 3.63) is 10.4 Å². The Morgan fingerprint density at radius 2 is 2.08 bits per heavy atom. The van der Waals surface area contributed by atoms with Crippen molar-refractivity contribution in [2.24, 2.45) is 0 Å². The monoisotopic (exact) mass is 393 g/mol. The first-order valence-corrected chi connectivity index (χ1v) is 9.20. The predicted molar refractivity (Wildman–Crippen MR) is 88.2 cm³/mol. The van der Waals surface area contributed by atoms with Crippen molar-refractivity contribution in [1.82, 2.24) is 9.97 Å². The second kappa shape index (κ2) is 6.78. The minimum atomic E-state index is -4.52. The lowest BCUT2D eigenvalue weighted by atomic mass is 10.0. The molecule has 0 saturated carbocycles. The van der Waals surface area contributed by atoms with E-state index >= 15 is 0 Å². The summed E-state index contributed by atoms with van der Waals surface area (Å²) < 4.78 is 26.9. The third-order valence-corrected chi connectivity index (χ3v) is 4.80. The molecule has 13 nitrogen and oxygen atoms in total. The number of anilines is 3. The summed E-state index contributed by atoms with van der Waals surface area (Å²) in [6.45, 7) is 0.347. The molecule has 0 spiro atoms. The molecular formula is C12H20N5O8P. The second-order valence-electron chi connectivity index (χ2n) is 6.10. The lowest BCUT2D eigenvalue weighted by Crippen LogP contribution is -2.52. The number of phosphoric acid groups is 1. The smallest absolute Gasteiger partial charge is 0.369 e. The fourth-order valence-electron chi connectivity index (χ4n) is 2.61. The number of nitrogens with zero attached hydrogens (tertiary/aromatic N) is 1. The molecule has 2 aliphatic rings. The van der Waals surface area contributed by atoms with Crippen LogP contribution in [0.3, 0.4) is 0 Å². The zero-order chi connectivity index (χ0) is 19.1. The number of nitrogens with one attached hydrogen (secondary N) is 3. The average molecular weight is 393 g/mol. The van der Waals surface area contributed by atoms with E-state index in [0.717, 1.165) is 0 Å². The number of nitrogens with two attached hydrogens (primary N) is 1. The molecule has 3 heterocycles. The zero-order valence-electron chi connectivity index (χ0n) is 13.7. The highest BCUT2D eigenvalue weighted by Gasteiger charge is 2.43. The Morgan fingerprint density at radius 3 is 2.81 bits per heavy atom. The third-order valence-electron chi connectivity index (χ3n) is 3.87. The van der Waals surface area contributed by atoms with E-state index in [9.17, 15) is 24.5 Å². The number of ether oxygens (including phenoxy) is 1. The number of aliphatic hydroxyl groups is 2. The first-order valence-electron chi connectivity index (χ1n) is 7.71. The van der Waals surface area contributed by atoms with Crippen molar-refractivity contribution in [2.75, 3.05) is 29.6 Å². The number of rotatable bonds is 0. The molecule has 0 aromatic carbocycles. The van der Waals surface area contributed by atoms with Gasteiger partial charge in [-0.15, -0.1) is 0 Å². The van der Waals surface area contributed by atoms with Gasteiger partial charge in [0.2, 0.25) is 11.7 Å². The van der Waals surface area contributed by atoms with Crippen molar-refractivity contribution in [3.63, 3.8) is 0 Å². The van der Waals surface area contributed by atoms with Gasteiger partial charge in [0.05, 0.1) is 18.8 Å². The maximum Gasteiger partial charge on any atom is 0.472 e. The van der Waals surface area contributed by atoms with Crippen molar-refractivity contribution in [1.29, 1.82) is 0 Å². The summed E-state index contributed by atoms with van der Waals surface area (Å²) in [6, 6.07) is -1.21. The normalized spacial score (nSPS) is 34.4. The number of H-pyrrole nitrogens is 1. The molecule has 3 rings (SSSR count). The number of aromatic amines is 1. The number of nitrogen functional groups attached to an aromatic ring is 1. The Hall–Kier alpha value is -1.73. The van der Waals surface area contributed by atoms with Gasteiger partial charge in [-0.05, 0) is 6.92 Å². The highest BCUT2D eigenvalue weighted by molar-refractivity contribution is 7.47. The summed E-state index contributed by atoms with van der Waals surface area (Å²) in [7, 11) is -4.52. The molecule has 4 atom stereocenters. The number of phosphoric ester groups is 1. The summed E-state index contributed by atoms with van der Waals surface area (Å²) in [5.74, 6) is -2.70. The van der Waals surface area contributed by atoms with Gasteiger partial charge >= 0.3 is 7.82 Å². The molecule has 1 aromatic heterocycles. The van der Waals surface area contributed by atoms with Crippen LogP contribution in [-0.4, -0.2) is 62.4 Å². The van der Waals surface area contributed by atoms with Crippen LogP contribution < -0.4 is 21.9 Å². The van der Waals surface area contributed by atoms with Gasteiger partial charge in [-0.25, -0.2) is 4.57 Å². The molecule has 14 heteroatoms. The van der Waals surface area contributed by atoms with E-state index < -0.39 is 44.1 Å². The van der Waals surface area contributed by atoms with Gasteiger partial charge in [0, 0.05) is 6.42 Å². The van der Waals surface area contributed by atoms with Crippen LogP contribution in [0, 0.1) is 0 Å². The van der Waals surface area contributed by atoms with Gasteiger partial charge in [0.25, 0.3) is 5.56 Å². The van der Waals surface area contributed by atoms with Crippen LogP contribution in [0.15, 0.2) is 4.79 Å². The third kappa shape index (κ3) is 4.15. The quantitative estimate of drug-likeness (QED) is 0.199. The summed E-state index contributed by atoms with van der Waals surface area (Å²) in [5, 5.41) is 26.2. The summed E-state index contributed by atoms with van der Waals surface area (Å²) in [6.07, 6.45) is -1.55. The van der Waals surface area contributed by atoms with Crippen LogP contribution in [0.1, 0.15) is 13.3 Å². The number of hydrogen-bond acceptors (Lipinski definition) is 11. The average Bonchev–Trinajstić information content (AvgIpc) is 2.71. The first-order chi connectivity index (χ1) is 12.1. The first kappa shape index (κ1) is 19.0. The zero-order valence-corrected chi connectivity index (χ0v) is 14.6. The van der Waals surface area contributed by atoms with E-state index in [0.29, 0.717) is 0 Å². The molecular weight excluding hydrogens is 373 g/mol. The van der Waals surface area contributed by atoms with Crippen molar-refractivity contribution < 1.29 is 33.5 Å². The predicted octanol–water partition coefficient (Wildman–Crippen LogP) is -1.49. The van der Waals surface area contributed by atoms with Crippen LogP contribution in [0.5, 0.6) is 0 Å². The number of fused-ring (bicyclic) bond motifs is 3. The van der Waals surface area contributed by atoms with Crippen molar-refractivity contribution in [3.8, 4) is 0 Å². The Balaban J connectivity index is 2.01. The lowest BCUT2D eigenvalue weighted by molar-refractivity contribution is -0.197. The molecule has 2 bridgehead atoms.